The fourth-order valence-corrected chi connectivity index (χ4v) is 1.93. The maximum absolute atomic E-state index is 10.9. The molecule has 20 heavy (non-hydrogen) atoms. The zero-order valence-electron chi connectivity index (χ0n) is 10.8. The Morgan fingerprint density at radius 1 is 1.45 bits per heavy atom. The highest BCUT2D eigenvalue weighted by Crippen LogP contribution is 2.28. The van der Waals surface area contributed by atoms with E-state index in [1.54, 1.807) is 20.1 Å². The molecule has 0 fully saturated rings. The third-order valence-electron chi connectivity index (χ3n) is 2.63. The maximum Gasteiger partial charge on any atom is 0.339 e. The molecular formula is C13H12BrN3O3. The molecule has 0 atom stereocenters. The van der Waals surface area contributed by atoms with Crippen LogP contribution in [-0.4, -0.2) is 28.2 Å². The van der Waals surface area contributed by atoms with Gasteiger partial charge < -0.3 is 15.2 Å². The van der Waals surface area contributed by atoms with Crippen LogP contribution in [0.4, 0.5) is 11.6 Å². The number of nitrogens with one attached hydrogen (secondary N) is 1. The Morgan fingerprint density at radius 2 is 2.20 bits per heavy atom. The summed E-state index contributed by atoms with van der Waals surface area (Å²) in [6, 6.07) is 5.43. The molecule has 6 nitrogen and oxygen atoms in total. The quantitative estimate of drug-likeness (QED) is 0.892. The Bertz CT molecular complexity index is 661. The average Bonchev–Trinajstić information content (AvgIpc) is 2.41. The molecule has 2 N–H and O–H groups in total. The van der Waals surface area contributed by atoms with Crippen LogP contribution in [0, 0.1) is 6.92 Å². The Balaban J connectivity index is 2.30. The van der Waals surface area contributed by atoms with Crippen molar-refractivity contribution in [3.63, 3.8) is 0 Å². The fraction of sp³-hybridized carbons (Fsp3) is 0.154. The van der Waals surface area contributed by atoms with Gasteiger partial charge in [0.1, 0.15) is 5.75 Å². The van der Waals surface area contributed by atoms with Gasteiger partial charge in [-0.1, -0.05) is 0 Å². The van der Waals surface area contributed by atoms with Crippen molar-refractivity contribution in [2.75, 3.05) is 12.4 Å². The van der Waals surface area contributed by atoms with E-state index in [-0.39, 0.29) is 5.56 Å². The van der Waals surface area contributed by atoms with Gasteiger partial charge in [-0.15, -0.1) is 0 Å². The topological polar surface area (TPSA) is 84.3 Å². The standard InChI is InChI=1S/C13H12BrN3O3/c1-7-9(12(18)19)6-15-13(16-7)17-11-5-8(20-2)3-4-10(11)14/h3-6H,1-2H3,(H,18,19)(H,15,16,17). The van der Waals surface area contributed by atoms with Gasteiger partial charge in [0.2, 0.25) is 5.95 Å². The van der Waals surface area contributed by atoms with Gasteiger partial charge in [0.05, 0.1) is 24.1 Å². The molecule has 0 amide bonds. The van der Waals surface area contributed by atoms with Gasteiger partial charge >= 0.3 is 5.97 Å². The number of aromatic nitrogens is 2. The van der Waals surface area contributed by atoms with Crippen LogP contribution in [0.3, 0.4) is 0 Å². The minimum Gasteiger partial charge on any atom is -0.497 e. The number of carbonyl (C=O) groups is 1. The van der Waals surface area contributed by atoms with E-state index >= 15 is 0 Å². The second-order valence-corrected chi connectivity index (χ2v) is 4.82. The van der Waals surface area contributed by atoms with Crippen molar-refractivity contribution in [3.05, 3.63) is 40.1 Å². The van der Waals surface area contributed by atoms with E-state index in [2.05, 4.69) is 31.2 Å². The average molecular weight is 338 g/mol. The van der Waals surface area contributed by atoms with Gasteiger partial charge in [0.15, 0.2) is 0 Å². The molecule has 2 aromatic rings. The van der Waals surface area contributed by atoms with E-state index in [1.807, 2.05) is 12.1 Å². The van der Waals surface area contributed by atoms with E-state index in [4.69, 9.17) is 9.84 Å². The van der Waals surface area contributed by atoms with Crippen molar-refractivity contribution >= 4 is 33.5 Å². The number of benzene rings is 1. The van der Waals surface area contributed by atoms with E-state index < -0.39 is 5.97 Å². The molecule has 1 aromatic heterocycles. The summed E-state index contributed by atoms with van der Waals surface area (Å²) in [7, 11) is 1.58. The van der Waals surface area contributed by atoms with Crippen LogP contribution in [-0.2, 0) is 0 Å². The van der Waals surface area contributed by atoms with Crippen LogP contribution < -0.4 is 10.1 Å². The van der Waals surface area contributed by atoms with Gasteiger partial charge in [0, 0.05) is 16.7 Å². The number of carboxylic acids is 1. The van der Waals surface area contributed by atoms with Crippen molar-refractivity contribution in [1.82, 2.24) is 9.97 Å². The largest absolute Gasteiger partial charge is 0.497 e. The Hall–Kier alpha value is -2.15. The lowest BCUT2D eigenvalue weighted by Crippen LogP contribution is -2.06. The van der Waals surface area contributed by atoms with Gasteiger partial charge in [-0.2, -0.15) is 0 Å². The third kappa shape index (κ3) is 3.05. The first-order valence-electron chi connectivity index (χ1n) is 5.68. The van der Waals surface area contributed by atoms with Crippen LogP contribution in [0.2, 0.25) is 0 Å². The molecule has 0 aliphatic heterocycles. The Labute approximate surface area is 124 Å². The van der Waals surface area contributed by atoms with E-state index in [1.165, 1.54) is 6.20 Å². The zero-order chi connectivity index (χ0) is 14.7. The summed E-state index contributed by atoms with van der Waals surface area (Å²) in [6.07, 6.45) is 1.28. The number of anilines is 2. The lowest BCUT2D eigenvalue weighted by molar-refractivity contribution is 0.0695. The summed E-state index contributed by atoms with van der Waals surface area (Å²) >= 11 is 3.41. The van der Waals surface area contributed by atoms with Gasteiger partial charge in [0.25, 0.3) is 0 Å². The summed E-state index contributed by atoms with van der Waals surface area (Å²) in [5.74, 6) is -0.0346. The lowest BCUT2D eigenvalue weighted by Gasteiger charge is -2.10. The number of aryl methyl sites for hydroxylation is 1. The normalized spacial score (nSPS) is 10.2. The van der Waals surface area contributed by atoms with E-state index in [9.17, 15) is 4.79 Å². The molecule has 0 saturated carbocycles. The number of hydrogen-bond acceptors (Lipinski definition) is 5. The molecule has 0 radical (unpaired) electrons. The molecule has 7 heteroatoms. The zero-order valence-corrected chi connectivity index (χ0v) is 12.4. The number of carboxylic acid groups (broad SMARTS) is 1. The first-order valence-corrected chi connectivity index (χ1v) is 6.48. The van der Waals surface area contributed by atoms with Crippen molar-refractivity contribution in [1.29, 1.82) is 0 Å². The molecule has 0 saturated heterocycles. The van der Waals surface area contributed by atoms with Crippen LogP contribution in [0.1, 0.15) is 16.1 Å². The molecule has 2 rings (SSSR count). The predicted molar refractivity (Wildman–Crippen MR) is 77.7 cm³/mol. The third-order valence-corrected chi connectivity index (χ3v) is 3.32. The van der Waals surface area contributed by atoms with Crippen LogP contribution in [0.25, 0.3) is 0 Å². The predicted octanol–water partition coefficient (Wildman–Crippen LogP) is 3.00. The lowest BCUT2D eigenvalue weighted by atomic mass is 10.2. The fourth-order valence-electron chi connectivity index (χ4n) is 1.58. The van der Waals surface area contributed by atoms with Crippen LogP contribution >= 0.6 is 15.9 Å². The summed E-state index contributed by atoms with van der Waals surface area (Å²) in [5, 5.41) is 11.9. The molecular weight excluding hydrogens is 326 g/mol. The number of aromatic carboxylic acids is 1. The van der Waals surface area contributed by atoms with Crippen molar-refractivity contribution in [3.8, 4) is 5.75 Å². The molecule has 0 spiro atoms. The first kappa shape index (κ1) is 14.3. The van der Waals surface area contributed by atoms with Gasteiger partial charge in [-0.05, 0) is 35.0 Å². The summed E-state index contributed by atoms with van der Waals surface area (Å²) < 4.78 is 5.96. The molecule has 0 aliphatic carbocycles. The highest BCUT2D eigenvalue weighted by molar-refractivity contribution is 9.10. The minimum atomic E-state index is -1.04. The SMILES string of the molecule is COc1ccc(Br)c(Nc2ncc(C(=O)O)c(C)n2)c1. The van der Waals surface area contributed by atoms with Gasteiger partial charge in [-0.25, -0.2) is 14.8 Å². The number of nitrogens with zero attached hydrogens (tertiary/aromatic N) is 2. The monoisotopic (exact) mass is 337 g/mol. The van der Waals surface area contributed by atoms with Crippen LogP contribution in [0.5, 0.6) is 5.75 Å². The van der Waals surface area contributed by atoms with Gasteiger partial charge in [-0.3, -0.25) is 0 Å². The molecule has 104 valence electrons. The van der Waals surface area contributed by atoms with E-state index in [0.29, 0.717) is 17.4 Å². The summed E-state index contributed by atoms with van der Waals surface area (Å²) in [6.45, 7) is 1.62. The second-order valence-electron chi connectivity index (χ2n) is 3.97. The molecule has 0 unspecified atom stereocenters. The Morgan fingerprint density at radius 3 is 2.80 bits per heavy atom. The highest BCUT2D eigenvalue weighted by Gasteiger charge is 2.11. The van der Waals surface area contributed by atoms with E-state index in [0.717, 1.165) is 10.2 Å². The number of rotatable bonds is 4. The number of ether oxygens (including phenoxy) is 1. The maximum atomic E-state index is 10.9. The molecule has 1 heterocycles. The smallest absolute Gasteiger partial charge is 0.339 e. The molecule has 0 bridgehead atoms. The highest BCUT2D eigenvalue weighted by atomic mass is 79.9. The van der Waals surface area contributed by atoms with Crippen molar-refractivity contribution < 1.29 is 14.6 Å². The second kappa shape index (κ2) is 5.87. The number of hydrogen-bond donors (Lipinski definition) is 2. The van der Waals surface area contributed by atoms with Crippen molar-refractivity contribution in [2.45, 2.75) is 6.92 Å². The van der Waals surface area contributed by atoms with Crippen molar-refractivity contribution in [2.24, 2.45) is 0 Å². The minimum absolute atomic E-state index is 0.0836. The van der Waals surface area contributed by atoms with Crippen LogP contribution in [0.15, 0.2) is 28.9 Å². The number of methoxy groups -OCH3 is 1. The summed E-state index contributed by atoms with van der Waals surface area (Å²) in [5.41, 5.74) is 1.21. The first-order chi connectivity index (χ1) is 9.51. The Kier molecular flexibility index (Phi) is 4.19. The molecule has 0 aliphatic rings. The number of halogens is 1. The molecule has 1 aromatic carbocycles. The summed E-state index contributed by atoms with van der Waals surface area (Å²) in [4.78, 5) is 19.0.